The summed E-state index contributed by atoms with van der Waals surface area (Å²) >= 11 is 0. The fourth-order valence-electron chi connectivity index (χ4n) is 2.78. The lowest BCUT2D eigenvalue weighted by Gasteiger charge is -2.10. The predicted molar refractivity (Wildman–Crippen MR) is 103 cm³/mol. The van der Waals surface area contributed by atoms with Crippen molar-refractivity contribution in [2.24, 2.45) is 4.99 Å². The van der Waals surface area contributed by atoms with E-state index >= 15 is 0 Å². The molecule has 2 N–H and O–H groups in total. The van der Waals surface area contributed by atoms with Crippen LogP contribution in [0.3, 0.4) is 0 Å². The van der Waals surface area contributed by atoms with Crippen LogP contribution in [0.1, 0.15) is 55.2 Å². The number of guanidine groups is 1. The molecule has 0 amide bonds. The van der Waals surface area contributed by atoms with Crippen molar-refractivity contribution < 1.29 is 4.52 Å². The van der Waals surface area contributed by atoms with Crippen LogP contribution in [0, 0.1) is 6.92 Å². The Kier molecular flexibility index (Phi) is 7.51. The van der Waals surface area contributed by atoms with Crippen LogP contribution in [0.5, 0.6) is 0 Å². The summed E-state index contributed by atoms with van der Waals surface area (Å²) < 4.78 is 5.43. The van der Waals surface area contributed by atoms with Gasteiger partial charge in [-0.05, 0) is 31.7 Å². The van der Waals surface area contributed by atoms with Gasteiger partial charge in [-0.3, -0.25) is 4.99 Å². The van der Waals surface area contributed by atoms with Crippen molar-refractivity contribution in [3.05, 3.63) is 52.9 Å². The molecule has 0 radical (unpaired) electrons. The van der Waals surface area contributed by atoms with Gasteiger partial charge in [-0.25, -0.2) is 0 Å². The number of benzene rings is 1. The maximum Gasteiger partial charge on any atom is 0.191 e. The molecule has 0 aliphatic carbocycles. The average molecular weight is 342 g/mol. The van der Waals surface area contributed by atoms with E-state index < -0.39 is 0 Å². The summed E-state index contributed by atoms with van der Waals surface area (Å²) in [6, 6.07) is 10.7. The fourth-order valence-corrected chi connectivity index (χ4v) is 2.78. The number of nitrogens with zero attached hydrogens (tertiary/aromatic N) is 2. The number of aromatic nitrogens is 1. The van der Waals surface area contributed by atoms with E-state index in [2.05, 4.69) is 65.8 Å². The highest BCUT2D eigenvalue weighted by molar-refractivity contribution is 5.79. The van der Waals surface area contributed by atoms with Crippen molar-refractivity contribution in [2.45, 2.75) is 52.5 Å². The van der Waals surface area contributed by atoms with Crippen molar-refractivity contribution in [3.8, 4) is 0 Å². The first-order valence-electron chi connectivity index (χ1n) is 9.11. The lowest BCUT2D eigenvalue weighted by Crippen LogP contribution is -2.37. The molecule has 5 heteroatoms. The molecule has 1 heterocycles. The SMILES string of the molecule is CCC(CC)c1cc(CNC(=NC)NCCc2ccc(C)cc2)on1. The Bertz CT molecular complexity index is 657. The van der Waals surface area contributed by atoms with E-state index in [1.165, 1.54) is 11.1 Å². The Morgan fingerprint density at radius 2 is 1.88 bits per heavy atom. The number of hydrogen-bond donors (Lipinski definition) is 2. The van der Waals surface area contributed by atoms with Gasteiger partial charge in [-0.15, -0.1) is 0 Å². The topological polar surface area (TPSA) is 62.5 Å². The molecule has 0 bridgehead atoms. The van der Waals surface area contributed by atoms with E-state index in [0.29, 0.717) is 12.5 Å². The summed E-state index contributed by atoms with van der Waals surface area (Å²) in [5.74, 6) is 2.08. The Hall–Kier alpha value is -2.30. The van der Waals surface area contributed by atoms with E-state index in [-0.39, 0.29) is 0 Å². The summed E-state index contributed by atoms with van der Waals surface area (Å²) in [5.41, 5.74) is 3.65. The number of nitrogens with one attached hydrogen (secondary N) is 2. The first-order valence-corrected chi connectivity index (χ1v) is 9.11. The number of aryl methyl sites for hydroxylation is 1. The first kappa shape index (κ1) is 19.0. The molecule has 1 aromatic heterocycles. The van der Waals surface area contributed by atoms with Crippen LogP contribution in [0.4, 0.5) is 0 Å². The van der Waals surface area contributed by atoms with Gasteiger partial charge < -0.3 is 15.2 Å². The molecule has 0 atom stereocenters. The average Bonchev–Trinajstić information content (AvgIpc) is 3.09. The second-order valence-electron chi connectivity index (χ2n) is 6.32. The molecule has 0 saturated carbocycles. The molecule has 2 rings (SSSR count). The molecule has 0 aliphatic rings. The zero-order chi connectivity index (χ0) is 18.1. The van der Waals surface area contributed by atoms with Crippen molar-refractivity contribution in [2.75, 3.05) is 13.6 Å². The van der Waals surface area contributed by atoms with Gasteiger partial charge in [0, 0.05) is 25.6 Å². The summed E-state index contributed by atoms with van der Waals surface area (Å²) in [5, 5.41) is 10.8. The fraction of sp³-hybridized carbons (Fsp3) is 0.500. The molecular formula is C20H30N4O. The highest BCUT2D eigenvalue weighted by Gasteiger charge is 2.13. The van der Waals surface area contributed by atoms with Crippen LogP contribution in [0.15, 0.2) is 39.8 Å². The maximum atomic E-state index is 5.43. The molecule has 25 heavy (non-hydrogen) atoms. The minimum absolute atomic E-state index is 0.476. The molecule has 0 aliphatic heterocycles. The molecular weight excluding hydrogens is 312 g/mol. The van der Waals surface area contributed by atoms with E-state index in [1.54, 1.807) is 7.05 Å². The normalized spacial score (nSPS) is 11.8. The van der Waals surface area contributed by atoms with Gasteiger partial charge in [0.2, 0.25) is 0 Å². The standard InChI is InChI=1S/C20H30N4O/c1-5-17(6-2)19-13-18(25-24-19)14-23-20(21-4)22-12-11-16-9-7-15(3)8-10-16/h7-10,13,17H,5-6,11-12,14H2,1-4H3,(H2,21,22,23). The largest absolute Gasteiger partial charge is 0.359 e. The van der Waals surface area contributed by atoms with Gasteiger partial charge in [0.25, 0.3) is 0 Å². The minimum Gasteiger partial charge on any atom is -0.359 e. The smallest absolute Gasteiger partial charge is 0.191 e. The Morgan fingerprint density at radius 3 is 2.52 bits per heavy atom. The Balaban J connectivity index is 1.77. The third-order valence-corrected chi connectivity index (χ3v) is 4.46. The number of rotatable bonds is 8. The molecule has 0 saturated heterocycles. The van der Waals surface area contributed by atoms with Gasteiger partial charge in [-0.2, -0.15) is 0 Å². The zero-order valence-corrected chi connectivity index (χ0v) is 15.8. The van der Waals surface area contributed by atoms with Crippen LogP contribution < -0.4 is 10.6 Å². The summed E-state index contributed by atoms with van der Waals surface area (Å²) in [6.45, 7) is 7.88. The quantitative estimate of drug-likeness (QED) is 0.566. The minimum atomic E-state index is 0.476. The number of hydrogen-bond acceptors (Lipinski definition) is 3. The van der Waals surface area contributed by atoms with E-state index in [0.717, 1.165) is 43.2 Å². The van der Waals surface area contributed by atoms with E-state index in [1.807, 2.05) is 6.07 Å². The van der Waals surface area contributed by atoms with Crippen molar-refractivity contribution in [1.29, 1.82) is 0 Å². The van der Waals surface area contributed by atoms with Gasteiger partial charge >= 0.3 is 0 Å². The van der Waals surface area contributed by atoms with Crippen molar-refractivity contribution >= 4 is 5.96 Å². The summed E-state index contributed by atoms with van der Waals surface area (Å²) in [7, 11) is 1.78. The van der Waals surface area contributed by atoms with Gasteiger partial charge in [-0.1, -0.05) is 48.8 Å². The molecule has 5 nitrogen and oxygen atoms in total. The number of aliphatic imine (C=N–C) groups is 1. The van der Waals surface area contributed by atoms with Crippen LogP contribution in [-0.4, -0.2) is 24.7 Å². The predicted octanol–water partition coefficient (Wildman–Crippen LogP) is 3.79. The summed E-state index contributed by atoms with van der Waals surface area (Å²) in [6.07, 6.45) is 3.12. The molecule has 0 unspecified atom stereocenters. The molecule has 0 spiro atoms. The van der Waals surface area contributed by atoms with Gasteiger partial charge in [0.15, 0.2) is 11.7 Å². The first-order chi connectivity index (χ1) is 12.2. The van der Waals surface area contributed by atoms with Crippen LogP contribution in [0.2, 0.25) is 0 Å². The van der Waals surface area contributed by atoms with Gasteiger partial charge in [0.1, 0.15) is 0 Å². The second-order valence-corrected chi connectivity index (χ2v) is 6.32. The lowest BCUT2D eigenvalue weighted by molar-refractivity contribution is 0.368. The third-order valence-electron chi connectivity index (χ3n) is 4.46. The monoisotopic (exact) mass is 342 g/mol. The van der Waals surface area contributed by atoms with Crippen LogP contribution in [-0.2, 0) is 13.0 Å². The molecule has 1 aromatic carbocycles. The van der Waals surface area contributed by atoms with Crippen LogP contribution >= 0.6 is 0 Å². The van der Waals surface area contributed by atoms with E-state index in [9.17, 15) is 0 Å². The molecule has 136 valence electrons. The Morgan fingerprint density at radius 1 is 1.16 bits per heavy atom. The molecule has 2 aromatic rings. The van der Waals surface area contributed by atoms with Gasteiger partial charge in [0.05, 0.1) is 12.2 Å². The van der Waals surface area contributed by atoms with Crippen molar-refractivity contribution in [1.82, 2.24) is 15.8 Å². The lowest BCUT2D eigenvalue weighted by atomic mass is 9.99. The van der Waals surface area contributed by atoms with E-state index in [4.69, 9.17) is 4.52 Å². The Labute approximate surface area is 150 Å². The zero-order valence-electron chi connectivity index (χ0n) is 15.8. The highest BCUT2D eigenvalue weighted by Crippen LogP contribution is 2.22. The summed E-state index contributed by atoms with van der Waals surface area (Å²) in [4.78, 5) is 4.26. The van der Waals surface area contributed by atoms with Crippen molar-refractivity contribution in [3.63, 3.8) is 0 Å². The highest BCUT2D eigenvalue weighted by atomic mass is 16.5. The molecule has 0 fully saturated rings. The third kappa shape index (κ3) is 5.93. The second kappa shape index (κ2) is 9.87. The maximum absolute atomic E-state index is 5.43. The van der Waals surface area contributed by atoms with Crippen LogP contribution in [0.25, 0.3) is 0 Å².